The van der Waals surface area contributed by atoms with Crippen LogP contribution in [0, 0.1) is 13.8 Å². The third-order valence-corrected chi connectivity index (χ3v) is 6.17. The van der Waals surface area contributed by atoms with Crippen molar-refractivity contribution in [2.45, 2.75) is 65.6 Å². The van der Waals surface area contributed by atoms with E-state index in [-0.39, 0.29) is 11.7 Å². The molecule has 31 heavy (non-hydrogen) atoms. The lowest BCUT2D eigenvalue weighted by molar-refractivity contribution is -0.132. The first-order valence-corrected chi connectivity index (χ1v) is 11.8. The number of sulfonamides is 1. The summed E-state index contributed by atoms with van der Waals surface area (Å²) >= 11 is 0. The summed E-state index contributed by atoms with van der Waals surface area (Å²) in [4.78, 5) is 39.0. The number of nitrogens with one attached hydrogen (secondary N) is 2. The average Bonchev–Trinajstić information content (AvgIpc) is 2.67. The van der Waals surface area contributed by atoms with Crippen molar-refractivity contribution in [1.82, 2.24) is 14.9 Å². The highest BCUT2D eigenvalue weighted by Crippen LogP contribution is 2.13. The first kappa shape index (κ1) is 26.6. The Kier molecular flexibility index (Phi) is 9.64. The molecule has 1 aromatic rings. The van der Waals surface area contributed by atoms with Crippen LogP contribution in [0.15, 0.2) is 18.2 Å². The van der Waals surface area contributed by atoms with Crippen LogP contribution in [-0.2, 0) is 19.6 Å². The molecule has 3 atom stereocenters. The predicted octanol–water partition coefficient (Wildman–Crippen LogP) is 0.876. The number of hydrogen-bond donors (Lipinski definition) is 3. The first-order chi connectivity index (χ1) is 14.3. The SMILES string of the molecule is CCCCS(=O)(=O)NC(=O)C(NC(=O)C(C)N(C)C(=O)c1cc(C)cc(C)c1)C(C)O. The van der Waals surface area contributed by atoms with E-state index in [9.17, 15) is 27.9 Å². The minimum Gasteiger partial charge on any atom is -0.391 e. The molecule has 0 aliphatic heterocycles. The van der Waals surface area contributed by atoms with Crippen molar-refractivity contribution >= 4 is 27.7 Å². The number of unbranched alkanes of at least 4 members (excludes halogenated alkanes) is 1. The molecule has 10 heteroatoms. The summed E-state index contributed by atoms with van der Waals surface area (Å²) in [6.45, 7) is 8.27. The maximum absolute atomic E-state index is 12.8. The second kappa shape index (κ2) is 11.2. The Morgan fingerprint density at radius 3 is 2.10 bits per heavy atom. The topological polar surface area (TPSA) is 133 Å². The fourth-order valence-corrected chi connectivity index (χ4v) is 4.14. The number of aliphatic hydroxyl groups excluding tert-OH is 1. The van der Waals surface area contributed by atoms with Gasteiger partial charge in [0.1, 0.15) is 12.1 Å². The molecular weight excluding hydrogens is 422 g/mol. The summed E-state index contributed by atoms with van der Waals surface area (Å²) in [6.07, 6.45) is -0.348. The van der Waals surface area contributed by atoms with E-state index in [0.717, 1.165) is 11.1 Å². The number of amides is 3. The van der Waals surface area contributed by atoms with E-state index < -0.39 is 40.0 Å². The highest BCUT2D eigenvalue weighted by atomic mass is 32.2. The van der Waals surface area contributed by atoms with Crippen molar-refractivity contribution in [3.8, 4) is 0 Å². The van der Waals surface area contributed by atoms with Crippen LogP contribution in [0.2, 0.25) is 0 Å². The van der Waals surface area contributed by atoms with Crippen molar-refractivity contribution in [3.05, 3.63) is 34.9 Å². The molecule has 0 aromatic heterocycles. The van der Waals surface area contributed by atoms with Crippen molar-refractivity contribution in [2.75, 3.05) is 12.8 Å². The second-order valence-electron chi connectivity index (χ2n) is 7.83. The Morgan fingerprint density at radius 1 is 1.06 bits per heavy atom. The highest BCUT2D eigenvalue weighted by molar-refractivity contribution is 7.90. The summed E-state index contributed by atoms with van der Waals surface area (Å²) in [5.74, 6) is -2.35. The Balaban J connectivity index is 2.91. The zero-order chi connectivity index (χ0) is 23.9. The molecule has 3 unspecified atom stereocenters. The van der Waals surface area contributed by atoms with E-state index in [1.807, 2.05) is 31.6 Å². The largest absolute Gasteiger partial charge is 0.391 e. The zero-order valence-electron chi connectivity index (χ0n) is 18.9. The fraction of sp³-hybridized carbons (Fsp3) is 0.571. The second-order valence-corrected chi connectivity index (χ2v) is 9.68. The van der Waals surface area contributed by atoms with Gasteiger partial charge in [-0.1, -0.05) is 30.5 Å². The molecular formula is C21H33N3O6S. The molecule has 0 aliphatic rings. The van der Waals surface area contributed by atoms with Crippen LogP contribution in [0.4, 0.5) is 0 Å². The molecule has 0 fully saturated rings. The number of aryl methyl sites for hydroxylation is 2. The van der Waals surface area contributed by atoms with E-state index in [4.69, 9.17) is 0 Å². The zero-order valence-corrected chi connectivity index (χ0v) is 19.7. The van der Waals surface area contributed by atoms with Gasteiger partial charge in [0.2, 0.25) is 15.9 Å². The smallest absolute Gasteiger partial charge is 0.258 e. The molecule has 1 rings (SSSR count). The van der Waals surface area contributed by atoms with Crippen LogP contribution < -0.4 is 10.0 Å². The van der Waals surface area contributed by atoms with Gasteiger partial charge in [-0.15, -0.1) is 0 Å². The molecule has 0 aliphatic carbocycles. The molecule has 9 nitrogen and oxygen atoms in total. The Hall–Kier alpha value is -2.46. The quantitative estimate of drug-likeness (QED) is 0.480. The van der Waals surface area contributed by atoms with Crippen LogP contribution >= 0.6 is 0 Å². The van der Waals surface area contributed by atoms with Gasteiger partial charge in [-0.05, 0) is 46.2 Å². The lowest BCUT2D eigenvalue weighted by Gasteiger charge is -2.27. The lowest BCUT2D eigenvalue weighted by atomic mass is 10.1. The number of aliphatic hydroxyl groups is 1. The number of rotatable bonds is 10. The normalized spacial score (nSPS) is 14.3. The molecule has 1 aromatic carbocycles. The van der Waals surface area contributed by atoms with E-state index in [0.29, 0.717) is 18.4 Å². The van der Waals surface area contributed by atoms with Gasteiger partial charge < -0.3 is 15.3 Å². The van der Waals surface area contributed by atoms with Gasteiger partial charge in [0.25, 0.3) is 11.8 Å². The summed E-state index contributed by atoms with van der Waals surface area (Å²) in [5, 5.41) is 12.3. The van der Waals surface area contributed by atoms with Crippen molar-refractivity contribution < 1.29 is 27.9 Å². The summed E-state index contributed by atoms with van der Waals surface area (Å²) in [6, 6.07) is 2.89. The van der Waals surface area contributed by atoms with Gasteiger partial charge >= 0.3 is 0 Å². The number of carbonyl (C=O) groups is 3. The molecule has 0 heterocycles. The summed E-state index contributed by atoms with van der Waals surface area (Å²) < 4.78 is 25.8. The standard InChI is InChI=1S/C21H33N3O6S/c1-7-8-9-31(29,30)23-20(27)18(16(5)25)22-19(26)15(4)24(6)21(28)17-11-13(2)10-14(3)12-17/h10-12,15-16,18,25H,7-9H2,1-6H3,(H,22,26)(H,23,27). The number of benzene rings is 1. The molecule has 0 saturated carbocycles. The van der Waals surface area contributed by atoms with E-state index in [1.54, 1.807) is 12.1 Å². The third-order valence-electron chi connectivity index (χ3n) is 4.83. The molecule has 0 bridgehead atoms. The van der Waals surface area contributed by atoms with E-state index >= 15 is 0 Å². The first-order valence-electron chi connectivity index (χ1n) is 10.2. The van der Waals surface area contributed by atoms with Crippen LogP contribution in [0.1, 0.15) is 55.1 Å². The fourth-order valence-electron chi connectivity index (χ4n) is 2.93. The Bertz CT molecular complexity index is 893. The Morgan fingerprint density at radius 2 is 1.61 bits per heavy atom. The molecule has 0 radical (unpaired) electrons. The maximum atomic E-state index is 12.8. The number of hydrogen-bond acceptors (Lipinski definition) is 6. The molecule has 0 spiro atoms. The number of likely N-dealkylation sites (N-methyl/N-ethyl adjacent to an activating group) is 1. The van der Waals surface area contributed by atoms with Gasteiger partial charge in [-0.25, -0.2) is 8.42 Å². The van der Waals surface area contributed by atoms with Gasteiger partial charge in [-0.3, -0.25) is 19.1 Å². The van der Waals surface area contributed by atoms with Crippen LogP contribution in [-0.4, -0.2) is 67.1 Å². The summed E-state index contributed by atoms with van der Waals surface area (Å²) in [7, 11) is -2.42. The van der Waals surface area contributed by atoms with Crippen LogP contribution in [0.5, 0.6) is 0 Å². The molecule has 174 valence electrons. The average molecular weight is 456 g/mol. The summed E-state index contributed by atoms with van der Waals surface area (Å²) in [5.41, 5.74) is 2.24. The molecule has 0 saturated heterocycles. The molecule has 3 amide bonds. The highest BCUT2D eigenvalue weighted by Gasteiger charge is 2.32. The number of carbonyl (C=O) groups excluding carboxylic acids is 3. The third kappa shape index (κ3) is 7.95. The monoisotopic (exact) mass is 455 g/mol. The molecule has 3 N–H and O–H groups in total. The van der Waals surface area contributed by atoms with Gasteiger partial charge in [0.15, 0.2) is 0 Å². The van der Waals surface area contributed by atoms with E-state index in [1.165, 1.54) is 25.8 Å². The van der Waals surface area contributed by atoms with Gasteiger partial charge in [0.05, 0.1) is 11.9 Å². The minimum absolute atomic E-state index is 0.237. The van der Waals surface area contributed by atoms with Crippen LogP contribution in [0.3, 0.4) is 0 Å². The van der Waals surface area contributed by atoms with Gasteiger partial charge in [0, 0.05) is 12.6 Å². The maximum Gasteiger partial charge on any atom is 0.258 e. The van der Waals surface area contributed by atoms with Crippen molar-refractivity contribution in [1.29, 1.82) is 0 Å². The number of nitrogens with zero attached hydrogens (tertiary/aromatic N) is 1. The minimum atomic E-state index is -3.88. The predicted molar refractivity (Wildman–Crippen MR) is 118 cm³/mol. The Labute approximate surface area is 184 Å². The van der Waals surface area contributed by atoms with Crippen LogP contribution in [0.25, 0.3) is 0 Å². The van der Waals surface area contributed by atoms with Crippen molar-refractivity contribution in [2.24, 2.45) is 0 Å². The van der Waals surface area contributed by atoms with E-state index in [2.05, 4.69) is 5.32 Å². The van der Waals surface area contributed by atoms with Crippen molar-refractivity contribution in [3.63, 3.8) is 0 Å². The van der Waals surface area contributed by atoms with Gasteiger partial charge in [-0.2, -0.15) is 0 Å². The lowest BCUT2D eigenvalue weighted by Crippen LogP contribution is -2.57.